The second-order valence-corrected chi connectivity index (χ2v) is 6.13. The van der Waals surface area contributed by atoms with E-state index in [0.29, 0.717) is 6.54 Å². The number of fused-ring (bicyclic) bond motifs is 1. The summed E-state index contributed by atoms with van der Waals surface area (Å²) in [6.45, 7) is 2.42. The van der Waals surface area contributed by atoms with Gasteiger partial charge in [-0.05, 0) is 18.6 Å². The molecule has 0 saturated carbocycles. The third kappa shape index (κ3) is 1.57. The number of hydrogen-bond donors (Lipinski definition) is 0. The number of amides is 1. The number of para-hydroxylation sites is 1. The lowest BCUT2D eigenvalue weighted by Gasteiger charge is -2.22. The lowest BCUT2D eigenvalue weighted by molar-refractivity contribution is -0.149. The van der Waals surface area contributed by atoms with Gasteiger partial charge in [-0.15, -0.1) is 0 Å². The Morgan fingerprint density at radius 2 is 2.18 bits per heavy atom. The Balaban J connectivity index is 1.75. The molecule has 1 spiro atoms. The summed E-state index contributed by atoms with van der Waals surface area (Å²) in [5, 5.41) is 0. The maximum absolute atomic E-state index is 13.0. The normalized spacial score (nSPS) is 35.1. The molecule has 5 heteroatoms. The van der Waals surface area contributed by atoms with Crippen molar-refractivity contribution in [1.82, 2.24) is 0 Å². The molecule has 3 aliphatic heterocycles. The van der Waals surface area contributed by atoms with Gasteiger partial charge in [0.2, 0.25) is 5.91 Å². The van der Waals surface area contributed by atoms with Gasteiger partial charge in [0.15, 0.2) is 0 Å². The highest BCUT2D eigenvalue weighted by Crippen LogP contribution is 2.53. The first-order valence-electron chi connectivity index (χ1n) is 7.39. The van der Waals surface area contributed by atoms with E-state index in [0.717, 1.165) is 11.3 Å². The molecule has 3 heterocycles. The van der Waals surface area contributed by atoms with Crippen LogP contribution in [0.2, 0.25) is 0 Å². The van der Waals surface area contributed by atoms with Crippen LogP contribution in [0.25, 0.3) is 0 Å². The fourth-order valence-electron chi connectivity index (χ4n) is 3.97. The zero-order chi connectivity index (χ0) is 15.5. The predicted molar refractivity (Wildman–Crippen MR) is 79.3 cm³/mol. The predicted octanol–water partition coefficient (Wildman–Crippen LogP) is 1.45. The van der Waals surface area contributed by atoms with Crippen molar-refractivity contribution in [2.75, 3.05) is 18.6 Å². The monoisotopic (exact) mass is 299 g/mol. The quantitative estimate of drug-likeness (QED) is 0.613. The second kappa shape index (κ2) is 4.43. The van der Waals surface area contributed by atoms with Crippen LogP contribution in [0.15, 0.2) is 36.4 Å². The van der Waals surface area contributed by atoms with Crippen LogP contribution in [0, 0.1) is 18.8 Å². The summed E-state index contributed by atoms with van der Waals surface area (Å²) in [5.74, 6) is -1.47. The van der Waals surface area contributed by atoms with Gasteiger partial charge in [-0.25, -0.2) is 0 Å². The van der Waals surface area contributed by atoms with Crippen LogP contribution in [0.5, 0.6) is 0 Å². The highest BCUT2D eigenvalue weighted by atomic mass is 16.5. The Kier molecular flexibility index (Phi) is 2.72. The number of hydrogen-bond acceptors (Lipinski definition) is 4. The van der Waals surface area contributed by atoms with Gasteiger partial charge >= 0.3 is 5.97 Å². The van der Waals surface area contributed by atoms with Crippen molar-refractivity contribution in [3.05, 3.63) is 42.0 Å². The van der Waals surface area contributed by atoms with Crippen molar-refractivity contribution in [3.8, 4) is 0 Å². The number of anilines is 1. The third-order valence-corrected chi connectivity index (χ3v) is 4.98. The molecule has 114 valence electrons. The largest absolute Gasteiger partial charge is 0.469 e. The first kappa shape index (κ1) is 13.5. The minimum atomic E-state index is -0.692. The van der Waals surface area contributed by atoms with E-state index in [1.807, 2.05) is 43.3 Å². The molecule has 4 atom stereocenters. The van der Waals surface area contributed by atoms with Gasteiger partial charge in [-0.2, -0.15) is 0 Å². The molecule has 1 aromatic carbocycles. The zero-order valence-electron chi connectivity index (χ0n) is 12.5. The van der Waals surface area contributed by atoms with Crippen LogP contribution < -0.4 is 4.90 Å². The molecule has 4 rings (SSSR count). The Morgan fingerprint density at radius 3 is 2.91 bits per heavy atom. The first-order chi connectivity index (χ1) is 10.6. The zero-order valence-corrected chi connectivity index (χ0v) is 12.5. The molecule has 2 saturated heterocycles. The van der Waals surface area contributed by atoms with E-state index in [-0.39, 0.29) is 18.0 Å². The molecule has 1 aromatic rings. The molecule has 22 heavy (non-hydrogen) atoms. The number of rotatable bonds is 2. The van der Waals surface area contributed by atoms with E-state index >= 15 is 0 Å². The first-order valence-corrected chi connectivity index (χ1v) is 7.39. The molecule has 0 aromatic heterocycles. The lowest BCUT2D eigenvalue weighted by Crippen LogP contribution is -2.39. The van der Waals surface area contributed by atoms with Gasteiger partial charge < -0.3 is 14.4 Å². The van der Waals surface area contributed by atoms with Gasteiger partial charge in [0, 0.05) is 5.69 Å². The standard InChI is InChI=1S/C17H17NO4/c1-10-5-3-4-6-11(10)18-9-17-8-7-12(22-17)13(16(20)21-2)14(17)15(18)19/h3-8,12-14H,9H2,1-2H3/t12-,13-,14+,17+/m0/s1. The summed E-state index contributed by atoms with van der Waals surface area (Å²) < 4.78 is 10.9. The van der Waals surface area contributed by atoms with Crippen LogP contribution in [0.4, 0.5) is 5.69 Å². The maximum atomic E-state index is 13.0. The van der Waals surface area contributed by atoms with Crippen LogP contribution in [-0.2, 0) is 19.1 Å². The number of methoxy groups -OCH3 is 1. The lowest BCUT2D eigenvalue weighted by atomic mass is 9.77. The number of ether oxygens (including phenoxy) is 2. The summed E-state index contributed by atoms with van der Waals surface area (Å²) in [4.78, 5) is 26.8. The maximum Gasteiger partial charge on any atom is 0.312 e. The van der Waals surface area contributed by atoms with Gasteiger partial charge in [0.25, 0.3) is 0 Å². The van der Waals surface area contributed by atoms with E-state index in [4.69, 9.17) is 9.47 Å². The van der Waals surface area contributed by atoms with Gasteiger partial charge in [0.05, 0.1) is 25.7 Å². The van der Waals surface area contributed by atoms with Gasteiger partial charge in [-0.3, -0.25) is 9.59 Å². The summed E-state index contributed by atoms with van der Waals surface area (Å²) in [7, 11) is 1.35. The Hall–Kier alpha value is -2.14. The molecular formula is C17H17NO4. The van der Waals surface area contributed by atoms with Crippen molar-refractivity contribution < 1.29 is 19.1 Å². The van der Waals surface area contributed by atoms with E-state index in [1.54, 1.807) is 4.90 Å². The summed E-state index contributed by atoms with van der Waals surface area (Å²) in [6.07, 6.45) is 3.48. The van der Waals surface area contributed by atoms with E-state index in [1.165, 1.54) is 7.11 Å². The SMILES string of the molecule is COC(=O)[C@H]1[C@@H]2C=C[C@]3(CN(c4ccccc4C)C(=O)[C@@H]13)O2. The fraction of sp³-hybridized carbons (Fsp3) is 0.412. The molecule has 0 unspecified atom stereocenters. The van der Waals surface area contributed by atoms with Crippen molar-refractivity contribution in [1.29, 1.82) is 0 Å². The molecule has 0 aliphatic carbocycles. The number of carbonyl (C=O) groups excluding carboxylic acids is 2. The van der Waals surface area contributed by atoms with Crippen molar-refractivity contribution in [3.63, 3.8) is 0 Å². The number of benzene rings is 1. The summed E-state index contributed by atoms with van der Waals surface area (Å²) in [6, 6.07) is 7.75. The van der Waals surface area contributed by atoms with E-state index in [9.17, 15) is 9.59 Å². The van der Waals surface area contributed by atoms with Crippen molar-refractivity contribution >= 4 is 17.6 Å². The molecule has 3 aliphatic rings. The minimum Gasteiger partial charge on any atom is -0.469 e. The molecular weight excluding hydrogens is 282 g/mol. The van der Waals surface area contributed by atoms with Crippen molar-refractivity contribution in [2.24, 2.45) is 11.8 Å². The topological polar surface area (TPSA) is 55.8 Å². The third-order valence-electron chi connectivity index (χ3n) is 4.98. The average Bonchev–Trinajstić information content (AvgIpc) is 3.15. The summed E-state index contributed by atoms with van der Waals surface area (Å²) in [5.41, 5.74) is 1.21. The number of carbonyl (C=O) groups is 2. The molecule has 1 amide bonds. The fourth-order valence-corrected chi connectivity index (χ4v) is 3.97. The number of esters is 1. The molecule has 2 bridgehead atoms. The molecule has 5 nitrogen and oxygen atoms in total. The average molecular weight is 299 g/mol. The highest BCUT2D eigenvalue weighted by molar-refractivity contribution is 6.03. The Labute approximate surface area is 128 Å². The van der Waals surface area contributed by atoms with Crippen LogP contribution in [0.1, 0.15) is 5.56 Å². The summed E-state index contributed by atoms with van der Waals surface area (Å²) >= 11 is 0. The number of aryl methyl sites for hydroxylation is 1. The van der Waals surface area contributed by atoms with Gasteiger partial charge in [-0.1, -0.05) is 30.4 Å². The Morgan fingerprint density at radius 1 is 1.41 bits per heavy atom. The van der Waals surface area contributed by atoms with Crippen LogP contribution in [0.3, 0.4) is 0 Å². The highest BCUT2D eigenvalue weighted by Gasteiger charge is 2.67. The molecule has 0 radical (unpaired) electrons. The number of nitrogens with zero attached hydrogens (tertiary/aromatic N) is 1. The Bertz CT molecular complexity index is 698. The van der Waals surface area contributed by atoms with Crippen LogP contribution >= 0.6 is 0 Å². The smallest absolute Gasteiger partial charge is 0.312 e. The molecule has 0 N–H and O–H groups in total. The van der Waals surface area contributed by atoms with Crippen molar-refractivity contribution in [2.45, 2.75) is 18.6 Å². The van der Waals surface area contributed by atoms with E-state index in [2.05, 4.69) is 0 Å². The van der Waals surface area contributed by atoms with Crippen LogP contribution in [-0.4, -0.2) is 37.2 Å². The minimum absolute atomic E-state index is 0.0587. The molecule has 2 fully saturated rings. The van der Waals surface area contributed by atoms with Gasteiger partial charge in [0.1, 0.15) is 11.5 Å². The second-order valence-electron chi connectivity index (χ2n) is 6.13. The van der Waals surface area contributed by atoms with E-state index < -0.39 is 17.4 Å².